The third-order valence-corrected chi connectivity index (χ3v) is 3.81. The van der Waals surface area contributed by atoms with E-state index >= 15 is 0 Å². The molecule has 0 radical (unpaired) electrons. The lowest BCUT2D eigenvalue weighted by molar-refractivity contribution is -0.129. The third-order valence-electron chi connectivity index (χ3n) is 3.81. The van der Waals surface area contributed by atoms with E-state index in [0.29, 0.717) is 12.3 Å². The summed E-state index contributed by atoms with van der Waals surface area (Å²) in [7, 11) is 0. The largest absolute Gasteiger partial charge is 0.368 e. The summed E-state index contributed by atoms with van der Waals surface area (Å²) in [6.07, 6.45) is 0.529. The Morgan fingerprint density at radius 3 is 2.45 bits per heavy atom. The van der Waals surface area contributed by atoms with Crippen molar-refractivity contribution in [2.75, 3.05) is 36.4 Å². The minimum absolute atomic E-state index is 0.0496. The van der Waals surface area contributed by atoms with Crippen LogP contribution in [-0.2, 0) is 9.59 Å². The van der Waals surface area contributed by atoms with Gasteiger partial charge in [0.15, 0.2) is 0 Å². The lowest BCUT2D eigenvalue weighted by Crippen LogP contribution is -2.48. The zero-order valence-electron chi connectivity index (χ0n) is 13.6. The van der Waals surface area contributed by atoms with Gasteiger partial charge >= 0.3 is 0 Å². The molecule has 0 aliphatic carbocycles. The molecule has 2 rings (SSSR count). The van der Waals surface area contributed by atoms with Crippen molar-refractivity contribution in [3.05, 3.63) is 24.3 Å². The summed E-state index contributed by atoms with van der Waals surface area (Å²) in [5, 5.41) is 2.95. The van der Waals surface area contributed by atoms with E-state index in [1.165, 1.54) is 0 Å². The SMILES string of the molecule is CC(=O)N1CCN(c2cccc(NC(=O)CC(C)C)c2)CC1. The maximum atomic E-state index is 11.9. The molecule has 120 valence electrons. The minimum atomic E-state index is 0.0496. The van der Waals surface area contributed by atoms with Gasteiger partial charge in [-0.2, -0.15) is 0 Å². The number of amides is 2. The molecule has 1 heterocycles. The number of rotatable bonds is 4. The van der Waals surface area contributed by atoms with Crippen LogP contribution in [0.4, 0.5) is 11.4 Å². The summed E-state index contributed by atoms with van der Waals surface area (Å²) in [5.74, 6) is 0.533. The topological polar surface area (TPSA) is 52.7 Å². The summed E-state index contributed by atoms with van der Waals surface area (Å²) < 4.78 is 0. The summed E-state index contributed by atoms with van der Waals surface area (Å²) in [5.41, 5.74) is 1.92. The zero-order valence-corrected chi connectivity index (χ0v) is 13.6. The van der Waals surface area contributed by atoms with Gasteiger partial charge in [-0.05, 0) is 24.1 Å². The van der Waals surface area contributed by atoms with Gasteiger partial charge in [0.25, 0.3) is 0 Å². The average Bonchev–Trinajstić information content (AvgIpc) is 2.46. The molecule has 2 amide bonds. The molecule has 22 heavy (non-hydrogen) atoms. The van der Waals surface area contributed by atoms with Crippen molar-refractivity contribution >= 4 is 23.2 Å². The van der Waals surface area contributed by atoms with Gasteiger partial charge in [0.05, 0.1) is 0 Å². The van der Waals surface area contributed by atoms with Crippen molar-refractivity contribution in [1.29, 1.82) is 0 Å². The van der Waals surface area contributed by atoms with Crippen molar-refractivity contribution in [2.24, 2.45) is 5.92 Å². The molecule has 0 atom stereocenters. The highest BCUT2D eigenvalue weighted by molar-refractivity contribution is 5.91. The number of benzene rings is 1. The molecular formula is C17H25N3O2. The number of carbonyl (C=O) groups is 2. The van der Waals surface area contributed by atoms with Crippen molar-refractivity contribution in [2.45, 2.75) is 27.2 Å². The number of hydrogen-bond acceptors (Lipinski definition) is 3. The molecule has 1 saturated heterocycles. The van der Waals surface area contributed by atoms with Gasteiger partial charge in [-0.25, -0.2) is 0 Å². The molecule has 1 N–H and O–H groups in total. The van der Waals surface area contributed by atoms with Crippen LogP contribution in [0.15, 0.2) is 24.3 Å². The van der Waals surface area contributed by atoms with E-state index in [0.717, 1.165) is 37.6 Å². The van der Waals surface area contributed by atoms with Crippen molar-refractivity contribution in [3.63, 3.8) is 0 Å². The van der Waals surface area contributed by atoms with Crippen LogP contribution in [0.5, 0.6) is 0 Å². The Morgan fingerprint density at radius 1 is 1.18 bits per heavy atom. The van der Waals surface area contributed by atoms with Crippen LogP contribution in [0.3, 0.4) is 0 Å². The Morgan fingerprint density at radius 2 is 1.86 bits per heavy atom. The lowest BCUT2D eigenvalue weighted by atomic mass is 10.1. The monoisotopic (exact) mass is 303 g/mol. The second-order valence-corrected chi connectivity index (χ2v) is 6.19. The quantitative estimate of drug-likeness (QED) is 0.929. The lowest BCUT2D eigenvalue weighted by Gasteiger charge is -2.35. The molecule has 5 heteroatoms. The first kappa shape index (κ1) is 16.3. The predicted molar refractivity (Wildman–Crippen MR) is 89.0 cm³/mol. The Hall–Kier alpha value is -2.04. The van der Waals surface area contributed by atoms with Gasteiger partial charge in [0.2, 0.25) is 11.8 Å². The fraction of sp³-hybridized carbons (Fsp3) is 0.529. The first-order valence-electron chi connectivity index (χ1n) is 7.86. The number of nitrogens with zero attached hydrogens (tertiary/aromatic N) is 2. The number of piperazine rings is 1. The van der Waals surface area contributed by atoms with E-state index in [2.05, 4.69) is 10.2 Å². The fourth-order valence-corrected chi connectivity index (χ4v) is 2.64. The van der Waals surface area contributed by atoms with Crippen LogP contribution in [0.25, 0.3) is 0 Å². The predicted octanol–water partition coefficient (Wildman–Crippen LogP) is 2.34. The molecule has 0 unspecified atom stereocenters. The fourth-order valence-electron chi connectivity index (χ4n) is 2.64. The Balaban J connectivity index is 1.97. The highest BCUT2D eigenvalue weighted by atomic mass is 16.2. The van der Waals surface area contributed by atoms with Crippen LogP contribution in [0, 0.1) is 5.92 Å². The van der Waals surface area contributed by atoms with E-state index in [4.69, 9.17) is 0 Å². The van der Waals surface area contributed by atoms with Gasteiger partial charge in [0, 0.05) is 50.9 Å². The second-order valence-electron chi connectivity index (χ2n) is 6.19. The van der Waals surface area contributed by atoms with Crippen LogP contribution in [0.1, 0.15) is 27.2 Å². The zero-order chi connectivity index (χ0) is 16.1. The molecule has 1 aromatic carbocycles. The van der Waals surface area contributed by atoms with E-state index < -0.39 is 0 Å². The molecule has 0 aromatic heterocycles. The molecule has 0 spiro atoms. The molecule has 0 saturated carbocycles. The third kappa shape index (κ3) is 4.48. The van der Waals surface area contributed by atoms with Gasteiger partial charge in [-0.15, -0.1) is 0 Å². The summed E-state index contributed by atoms with van der Waals surface area (Å²) >= 11 is 0. The smallest absolute Gasteiger partial charge is 0.224 e. The van der Waals surface area contributed by atoms with Crippen LogP contribution >= 0.6 is 0 Å². The van der Waals surface area contributed by atoms with Gasteiger partial charge in [0.1, 0.15) is 0 Å². The van der Waals surface area contributed by atoms with Gasteiger partial charge < -0.3 is 15.1 Å². The van der Waals surface area contributed by atoms with Gasteiger partial charge in [-0.3, -0.25) is 9.59 Å². The molecule has 1 aliphatic rings. The first-order valence-corrected chi connectivity index (χ1v) is 7.86. The van der Waals surface area contributed by atoms with Crippen LogP contribution in [0.2, 0.25) is 0 Å². The maximum Gasteiger partial charge on any atom is 0.224 e. The molecule has 5 nitrogen and oxygen atoms in total. The summed E-state index contributed by atoms with van der Waals surface area (Å²) in [6, 6.07) is 7.91. The number of anilines is 2. The van der Waals surface area contributed by atoms with Crippen LogP contribution < -0.4 is 10.2 Å². The maximum absolute atomic E-state index is 11.9. The highest BCUT2D eigenvalue weighted by Crippen LogP contribution is 2.21. The Kier molecular flexibility index (Phi) is 5.41. The Bertz CT molecular complexity index is 534. The first-order chi connectivity index (χ1) is 10.5. The average molecular weight is 303 g/mol. The molecule has 1 aliphatic heterocycles. The molecule has 0 bridgehead atoms. The summed E-state index contributed by atoms with van der Waals surface area (Å²) in [4.78, 5) is 27.3. The van der Waals surface area contributed by atoms with Gasteiger partial charge in [-0.1, -0.05) is 19.9 Å². The van der Waals surface area contributed by atoms with Crippen molar-refractivity contribution in [3.8, 4) is 0 Å². The van der Waals surface area contributed by atoms with E-state index in [9.17, 15) is 9.59 Å². The standard InChI is InChI=1S/C17H25N3O2/c1-13(2)11-17(22)18-15-5-4-6-16(12-15)20-9-7-19(8-10-20)14(3)21/h4-6,12-13H,7-11H2,1-3H3,(H,18,22). The normalized spacial score (nSPS) is 15.1. The van der Waals surface area contributed by atoms with Crippen molar-refractivity contribution in [1.82, 2.24) is 4.90 Å². The highest BCUT2D eigenvalue weighted by Gasteiger charge is 2.19. The van der Waals surface area contributed by atoms with Crippen LogP contribution in [-0.4, -0.2) is 42.9 Å². The molecule has 1 fully saturated rings. The molecule has 1 aromatic rings. The number of carbonyl (C=O) groups excluding carboxylic acids is 2. The van der Waals surface area contributed by atoms with E-state index in [1.807, 2.05) is 43.0 Å². The minimum Gasteiger partial charge on any atom is -0.368 e. The molecular weight excluding hydrogens is 278 g/mol. The van der Waals surface area contributed by atoms with E-state index in [-0.39, 0.29) is 11.8 Å². The van der Waals surface area contributed by atoms with Crippen molar-refractivity contribution < 1.29 is 9.59 Å². The second kappa shape index (κ2) is 7.29. The number of nitrogens with one attached hydrogen (secondary N) is 1. The van der Waals surface area contributed by atoms with E-state index in [1.54, 1.807) is 6.92 Å². The summed E-state index contributed by atoms with van der Waals surface area (Å²) in [6.45, 7) is 8.82. The number of hydrogen-bond donors (Lipinski definition) is 1. The Labute approximate surface area is 132 Å².